The van der Waals surface area contributed by atoms with Gasteiger partial charge in [-0.2, -0.15) is 0 Å². The maximum Gasteiger partial charge on any atom is 0.141 e. The summed E-state index contributed by atoms with van der Waals surface area (Å²) in [6, 6.07) is 27.3. The van der Waals surface area contributed by atoms with Crippen molar-refractivity contribution in [3.05, 3.63) is 84.4 Å². The van der Waals surface area contributed by atoms with Gasteiger partial charge in [0.1, 0.15) is 11.6 Å². The second-order valence-corrected chi connectivity index (χ2v) is 6.70. The number of halogens is 1. The molecule has 4 heteroatoms. The van der Waals surface area contributed by atoms with Gasteiger partial charge in [-0.05, 0) is 36.8 Å². The normalized spacial score (nSPS) is 11.5. The Bertz CT molecular complexity index is 1100. The Morgan fingerprint density at radius 1 is 0.857 bits per heavy atom. The third-order valence-corrected chi connectivity index (χ3v) is 5.04. The molecule has 0 bridgehead atoms. The maximum absolute atomic E-state index is 5.61. The van der Waals surface area contributed by atoms with E-state index in [9.17, 15) is 0 Å². The summed E-state index contributed by atoms with van der Waals surface area (Å²) in [4.78, 5) is 5.07. The van der Waals surface area contributed by atoms with Crippen LogP contribution in [0.3, 0.4) is 0 Å². The molecule has 0 saturated heterocycles. The number of benzene rings is 3. The van der Waals surface area contributed by atoms with Crippen LogP contribution < -0.4 is 4.74 Å². The van der Waals surface area contributed by atoms with Gasteiger partial charge in [0, 0.05) is 16.7 Å². The molecule has 140 valence electrons. The average molecular weight is 389 g/mol. The van der Waals surface area contributed by atoms with E-state index >= 15 is 0 Å². The topological polar surface area (TPSA) is 27.1 Å². The molecule has 0 aliphatic carbocycles. The minimum Gasteiger partial charge on any atom is -0.494 e. The molecule has 0 fully saturated rings. The molecular weight excluding hydrogens is 368 g/mol. The van der Waals surface area contributed by atoms with Gasteiger partial charge < -0.3 is 9.30 Å². The highest BCUT2D eigenvalue weighted by molar-refractivity contribution is 5.85. The number of hydrogen-bond donors (Lipinski definition) is 0. The minimum absolute atomic E-state index is 0. The van der Waals surface area contributed by atoms with Crippen LogP contribution in [0, 0.1) is 0 Å². The Hall–Kier alpha value is -3.04. The summed E-state index contributed by atoms with van der Waals surface area (Å²) in [6.45, 7) is 3.53. The molecule has 0 spiro atoms. The number of hydrogen-bond acceptors (Lipinski definition) is 2. The van der Waals surface area contributed by atoms with Crippen LogP contribution in [0.15, 0.2) is 78.9 Å². The van der Waals surface area contributed by atoms with Gasteiger partial charge in [-0.15, -0.1) is 12.4 Å². The second-order valence-electron chi connectivity index (χ2n) is 6.70. The molecule has 2 heterocycles. The highest BCUT2D eigenvalue weighted by Gasteiger charge is 2.26. The van der Waals surface area contributed by atoms with Crippen molar-refractivity contribution < 1.29 is 4.74 Å². The Balaban J connectivity index is 0.00000192. The van der Waals surface area contributed by atoms with Gasteiger partial charge in [0.15, 0.2) is 0 Å². The zero-order chi connectivity index (χ0) is 18.2. The van der Waals surface area contributed by atoms with Gasteiger partial charge in [0.05, 0.1) is 24.5 Å². The first-order chi connectivity index (χ1) is 13.3. The molecule has 1 aromatic heterocycles. The van der Waals surface area contributed by atoms with Crippen LogP contribution in [0.25, 0.3) is 33.9 Å². The first kappa shape index (κ1) is 18.3. The van der Waals surface area contributed by atoms with Crippen molar-refractivity contribution in [3.63, 3.8) is 0 Å². The fraction of sp³-hybridized carbons (Fsp3) is 0.125. The number of imidazole rings is 1. The molecule has 0 amide bonds. The first-order valence-electron chi connectivity index (χ1n) is 9.32. The predicted octanol–water partition coefficient (Wildman–Crippen LogP) is 6.07. The first-order valence-corrected chi connectivity index (χ1v) is 9.32. The van der Waals surface area contributed by atoms with Crippen molar-refractivity contribution in [3.8, 4) is 39.7 Å². The average Bonchev–Trinajstić information content (AvgIpc) is 3.26. The molecule has 1 aliphatic heterocycles. The van der Waals surface area contributed by atoms with Crippen LogP contribution in [0.2, 0.25) is 0 Å². The fourth-order valence-electron chi connectivity index (χ4n) is 3.82. The van der Waals surface area contributed by atoms with Crippen LogP contribution in [-0.2, 0) is 6.54 Å². The Labute approximate surface area is 171 Å². The van der Waals surface area contributed by atoms with Crippen LogP contribution >= 0.6 is 12.4 Å². The van der Waals surface area contributed by atoms with Crippen molar-refractivity contribution >= 4 is 12.4 Å². The van der Waals surface area contributed by atoms with E-state index in [1.54, 1.807) is 0 Å². The molecule has 0 radical (unpaired) electrons. The van der Waals surface area contributed by atoms with E-state index in [0.29, 0.717) is 6.61 Å². The lowest BCUT2D eigenvalue weighted by Gasteiger charge is -2.10. The number of aromatic nitrogens is 2. The van der Waals surface area contributed by atoms with Gasteiger partial charge in [-0.3, -0.25) is 0 Å². The molecular formula is C24H21ClN2O. The molecule has 4 aromatic rings. The van der Waals surface area contributed by atoms with E-state index in [4.69, 9.17) is 9.72 Å². The molecule has 5 rings (SSSR count). The molecule has 0 atom stereocenters. The molecule has 28 heavy (non-hydrogen) atoms. The van der Waals surface area contributed by atoms with Crippen molar-refractivity contribution in [2.24, 2.45) is 0 Å². The van der Waals surface area contributed by atoms with Crippen molar-refractivity contribution in [1.82, 2.24) is 9.55 Å². The zero-order valence-corrected chi connectivity index (χ0v) is 16.4. The Morgan fingerprint density at radius 3 is 2.32 bits per heavy atom. The van der Waals surface area contributed by atoms with Gasteiger partial charge >= 0.3 is 0 Å². The smallest absolute Gasteiger partial charge is 0.141 e. The monoisotopic (exact) mass is 388 g/mol. The Kier molecular flexibility index (Phi) is 4.93. The predicted molar refractivity (Wildman–Crippen MR) is 116 cm³/mol. The van der Waals surface area contributed by atoms with E-state index < -0.39 is 0 Å². The SMILES string of the molecule is CCOc1ccc(-c2c(-c3ccccc3)nc3n2Cc2ccccc2-3)cc1.Cl. The van der Waals surface area contributed by atoms with Gasteiger partial charge in [0.25, 0.3) is 0 Å². The van der Waals surface area contributed by atoms with E-state index in [2.05, 4.69) is 65.2 Å². The molecule has 3 nitrogen and oxygen atoms in total. The summed E-state index contributed by atoms with van der Waals surface area (Å²) in [5, 5.41) is 0. The Morgan fingerprint density at radius 2 is 1.57 bits per heavy atom. The lowest BCUT2D eigenvalue weighted by molar-refractivity contribution is 0.340. The van der Waals surface area contributed by atoms with Crippen LogP contribution in [0.5, 0.6) is 5.75 Å². The highest BCUT2D eigenvalue weighted by atomic mass is 35.5. The quantitative estimate of drug-likeness (QED) is 0.374. The van der Waals surface area contributed by atoms with Crippen molar-refractivity contribution in [2.75, 3.05) is 6.61 Å². The summed E-state index contributed by atoms with van der Waals surface area (Å²) in [7, 11) is 0. The lowest BCUT2D eigenvalue weighted by atomic mass is 10.0. The fourth-order valence-corrected chi connectivity index (χ4v) is 3.82. The van der Waals surface area contributed by atoms with Gasteiger partial charge in [0.2, 0.25) is 0 Å². The molecule has 0 saturated carbocycles. The van der Waals surface area contributed by atoms with Gasteiger partial charge in [-0.25, -0.2) is 4.98 Å². The third-order valence-electron chi connectivity index (χ3n) is 5.04. The van der Waals surface area contributed by atoms with E-state index in [1.165, 1.54) is 11.1 Å². The largest absolute Gasteiger partial charge is 0.494 e. The molecule has 3 aromatic carbocycles. The van der Waals surface area contributed by atoms with Crippen LogP contribution in [0.4, 0.5) is 0 Å². The molecule has 1 aliphatic rings. The zero-order valence-electron chi connectivity index (χ0n) is 15.6. The molecule has 0 unspecified atom stereocenters. The summed E-state index contributed by atoms with van der Waals surface area (Å²) >= 11 is 0. The van der Waals surface area contributed by atoms with E-state index in [-0.39, 0.29) is 12.4 Å². The standard InChI is InChI=1S/C24H20N2O.ClH/c1-2-27-20-14-12-18(13-15-20)23-22(17-8-4-3-5-9-17)25-24-21-11-7-6-10-19(21)16-26(23)24;/h3-15H,2,16H2,1H3;1H. The molecule has 0 N–H and O–H groups in total. The van der Waals surface area contributed by atoms with Crippen molar-refractivity contribution in [1.29, 1.82) is 0 Å². The summed E-state index contributed by atoms with van der Waals surface area (Å²) in [5.74, 6) is 1.94. The second kappa shape index (κ2) is 7.53. The van der Waals surface area contributed by atoms with E-state index in [0.717, 1.165) is 40.6 Å². The van der Waals surface area contributed by atoms with E-state index in [1.807, 2.05) is 25.1 Å². The number of nitrogens with zero attached hydrogens (tertiary/aromatic N) is 2. The number of ether oxygens (including phenoxy) is 1. The van der Waals surface area contributed by atoms with Crippen LogP contribution in [-0.4, -0.2) is 16.2 Å². The van der Waals surface area contributed by atoms with Gasteiger partial charge in [-0.1, -0.05) is 54.6 Å². The lowest BCUT2D eigenvalue weighted by Crippen LogP contribution is -1.97. The van der Waals surface area contributed by atoms with Crippen molar-refractivity contribution in [2.45, 2.75) is 13.5 Å². The summed E-state index contributed by atoms with van der Waals surface area (Å²) in [5.41, 5.74) is 7.04. The summed E-state index contributed by atoms with van der Waals surface area (Å²) in [6.07, 6.45) is 0. The summed E-state index contributed by atoms with van der Waals surface area (Å²) < 4.78 is 7.95. The third kappa shape index (κ3) is 2.98. The highest BCUT2D eigenvalue weighted by Crippen LogP contribution is 2.41. The van der Waals surface area contributed by atoms with Crippen LogP contribution in [0.1, 0.15) is 12.5 Å². The number of rotatable bonds is 4. The maximum atomic E-state index is 5.61. The minimum atomic E-state index is 0. The number of fused-ring (bicyclic) bond motifs is 3.